The van der Waals surface area contributed by atoms with Crippen molar-refractivity contribution in [2.24, 2.45) is 0 Å². The van der Waals surface area contributed by atoms with E-state index in [-0.39, 0.29) is 5.56 Å². The number of hydrogen-bond acceptors (Lipinski definition) is 3. The van der Waals surface area contributed by atoms with E-state index in [0.29, 0.717) is 12.2 Å². The number of nitrogens with one attached hydrogen (secondary N) is 1. The Morgan fingerprint density at radius 2 is 1.41 bits per heavy atom. The van der Waals surface area contributed by atoms with Crippen LogP contribution in [0.5, 0.6) is 0 Å². The summed E-state index contributed by atoms with van der Waals surface area (Å²) in [5, 5.41) is 13.9. The van der Waals surface area contributed by atoms with Crippen LogP contribution in [-0.4, -0.2) is 20.0 Å². The lowest BCUT2D eigenvalue weighted by atomic mass is 10.0. The number of hydrogen-bond donors (Lipinski definition) is 1. The third-order valence-corrected chi connectivity index (χ3v) is 4.98. The summed E-state index contributed by atoms with van der Waals surface area (Å²) in [4.78, 5) is 12.7. The van der Waals surface area contributed by atoms with Crippen LogP contribution in [0.2, 0.25) is 0 Å². The second-order valence-corrected chi connectivity index (χ2v) is 6.89. The van der Waals surface area contributed by atoms with Crippen molar-refractivity contribution < 1.29 is 0 Å². The highest BCUT2D eigenvalue weighted by atomic mass is 16.1. The third-order valence-electron chi connectivity index (χ3n) is 4.98. The predicted octanol–water partition coefficient (Wildman–Crippen LogP) is 4.37. The van der Waals surface area contributed by atoms with Gasteiger partial charge in [0.1, 0.15) is 0 Å². The molecule has 5 aromatic rings. The molecule has 1 N–H and O–H groups in total. The van der Waals surface area contributed by atoms with E-state index in [0.717, 1.165) is 27.7 Å². The van der Waals surface area contributed by atoms with Crippen LogP contribution < -0.4 is 5.56 Å². The minimum atomic E-state index is -0.167. The van der Waals surface area contributed by atoms with Gasteiger partial charge in [-0.25, -0.2) is 0 Å². The van der Waals surface area contributed by atoms with Gasteiger partial charge in [0.2, 0.25) is 0 Å². The van der Waals surface area contributed by atoms with E-state index in [1.165, 1.54) is 10.2 Å². The number of nitrogens with zero attached hydrogens (tertiary/aromatic N) is 3. The van der Waals surface area contributed by atoms with E-state index in [4.69, 9.17) is 0 Å². The Morgan fingerprint density at radius 1 is 0.759 bits per heavy atom. The predicted molar refractivity (Wildman–Crippen MR) is 114 cm³/mol. The van der Waals surface area contributed by atoms with Crippen LogP contribution in [0.15, 0.2) is 95.8 Å². The molecule has 2 heterocycles. The van der Waals surface area contributed by atoms with Gasteiger partial charge in [0.15, 0.2) is 5.82 Å². The number of H-pyrrole nitrogens is 1. The summed E-state index contributed by atoms with van der Waals surface area (Å²) < 4.78 is 1.46. The quantitative estimate of drug-likeness (QED) is 0.505. The van der Waals surface area contributed by atoms with Gasteiger partial charge in [0, 0.05) is 23.3 Å². The summed E-state index contributed by atoms with van der Waals surface area (Å²) >= 11 is 0. The molecule has 0 radical (unpaired) electrons. The average molecular weight is 378 g/mol. The minimum absolute atomic E-state index is 0.167. The molecule has 5 nitrogen and oxygen atoms in total. The minimum Gasteiger partial charge on any atom is -0.289 e. The Morgan fingerprint density at radius 3 is 2.17 bits per heavy atom. The summed E-state index contributed by atoms with van der Waals surface area (Å²) in [5.41, 5.74) is 3.58. The highest BCUT2D eigenvalue weighted by Crippen LogP contribution is 2.24. The lowest BCUT2D eigenvalue weighted by Gasteiger charge is -2.09. The number of fused-ring (bicyclic) bond motifs is 1. The van der Waals surface area contributed by atoms with Crippen molar-refractivity contribution in [3.05, 3.63) is 113 Å². The molecule has 0 aliphatic heterocycles. The van der Waals surface area contributed by atoms with Gasteiger partial charge in [-0.2, -0.15) is 9.78 Å². The van der Waals surface area contributed by atoms with Gasteiger partial charge in [-0.15, -0.1) is 5.10 Å². The Bertz CT molecular complexity index is 1340. The lowest BCUT2D eigenvalue weighted by molar-refractivity contribution is 0.794. The standard InChI is InChI=1S/C24H18N4O/c29-23-16-21(18-11-5-2-6-12-18)27-28(23)24-20-14-8-7-13-19(20)22(25-26-24)15-17-9-3-1-4-10-17/h1-14,16,27H,15H2. The van der Waals surface area contributed by atoms with Gasteiger partial charge >= 0.3 is 0 Å². The highest BCUT2D eigenvalue weighted by Gasteiger charge is 2.14. The molecule has 5 rings (SSSR count). The van der Waals surface area contributed by atoms with Crippen LogP contribution in [0.1, 0.15) is 11.3 Å². The van der Waals surface area contributed by atoms with Crippen LogP contribution in [0.3, 0.4) is 0 Å². The molecule has 140 valence electrons. The Balaban J connectivity index is 1.63. The van der Waals surface area contributed by atoms with Crippen LogP contribution in [0.4, 0.5) is 0 Å². The van der Waals surface area contributed by atoms with Crippen LogP contribution in [0, 0.1) is 0 Å². The molecule has 0 amide bonds. The first kappa shape index (κ1) is 17.1. The number of aromatic nitrogens is 4. The topological polar surface area (TPSA) is 63.6 Å². The molecular formula is C24H18N4O. The third kappa shape index (κ3) is 3.23. The van der Waals surface area contributed by atoms with Gasteiger partial charge in [0.05, 0.1) is 11.4 Å². The second kappa shape index (κ2) is 7.20. The van der Waals surface area contributed by atoms with Gasteiger partial charge < -0.3 is 0 Å². The fourth-order valence-electron chi connectivity index (χ4n) is 3.55. The second-order valence-electron chi connectivity index (χ2n) is 6.89. The summed E-state index contributed by atoms with van der Waals surface area (Å²) in [6, 6.07) is 29.5. The first-order valence-electron chi connectivity index (χ1n) is 9.46. The lowest BCUT2D eigenvalue weighted by Crippen LogP contribution is -2.16. The zero-order valence-electron chi connectivity index (χ0n) is 15.6. The van der Waals surface area contributed by atoms with Crippen molar-refractivity contribution in [2.75, 3.05) is 0 Å². The van der Waals surface area contributed by atoms with Crippen molar-refractivity contribution >= 4 is 10.8 Å². The van der Waals surface area contributed by atoms with E-state index in [1.54, 1.807) is 6.07 Å². The molecule has 5 heteroatoms. The summed E-state index contributed by atoms with van der Waals surface area (Å²) in [6.45, 7) is 0. The fraction of sp³-hybridized carbons (Fsp3) is 0.0417. The molecule has 2 aromatic heterocycles. The van der Waals surface area contributed by atoms with Crippen molar-refractivity contribution in [3.63, 3.8) is 0 Å². The molecule has 0 unspecified atom stereocenters. The van der Waals surface area contributed by atoms with E-state index >= 15 is 0 Å². The maximum absolute atomic E-state index is 12.7. The van der Waals surface area contributed by atoms with Crippen molar-refractivity contribution in [1.82, 2.24) is 20.0 Å². The van der Waals surface area contributed by atoms with E-state index in [1.807, 2.05) is 72.8 Å². The molecule has 0 saturated heterocycles. The Labute approximate surface area is 167 Å². The van der Waals surface area contributed by atoms with Crippen molar-refractivity contribution in [2.45, 2.75) is 6.42 Å². The molecule has 0 aliphatic carbocycles. The van der Waals surface area contributed by atoms with E-state index < -0.39 is 0 Å². The molecule has 0 fully saturated rings. The number of aromatic amines is 1. The molecule has 0 atom stereocenters. The molecule has 0 saturated carbocycles. The molecule has 0 bridgehead atoms. The average Bonchev–Trinajstić information content (AvgIpc) is 3.17. The fourth-order valence-corrected chi connectivity index (χ4v) is 3.55. The van der Waals surface area contributed by atoms with E-state index in [9.17, 15) is 4.79 Å². The first-order valence-corrected chi connectivity index (χ1v) is 9.46. The van der Waals surface area contributed by atoms with Crippen molar-refractivity contribution in [3.8, 4) is 17.1 Å². The van der Waals surface area contributed by atoms with Crippen LogP contribution in [-0.2, 0) is 6.42 Å². The monoisotopic (exact) mass is 378 g/mol. The van der Waals surface area contributed by atoms with Gasteiger partial charge in [-0.1, -0.05) is 84.9 Å². The Kier molecular flexibility index (Phi) is 4.26. The smallest absolute Gasteiger partial charge is 0.273 e. The van der Waals surface area contributed by atoms with E-state index in [2.05, 4.69) is 27.4 Å². The zero-order valence-corrected chi connectivity index (χ0v) is 15.6. The largest absolute Gasteiger partial charge is 0.289 e. The number of benzene rings is 3. The van der Waals surface area contributed by atoms with Gasteiger partial charge in [-0.05, 0) is 11.1 Å². The van der Waals surface area contributed by atoms with Crippen LogP contribution in [0.25, 0.3) is 27.8 Å². The van der Waals surface area contributed by atoms with Crippen molar-refractivity contribution in [1.29, 1.82) is 0 Å². The Hall–Kier alpha value is -3.99. The molecule has 0 aliphatic rings. The van der Waals surface area contributed by atoms with Gasteiger partial charge in [-0.3, -0.25) is 9.89 Å². The molecular weight excluding hydrogens is 360 g/mol. The van der Waals surface area contributed by atoms with Gasteiger partial charge in [0.25, 0.3) is 5.56 Å². The SMILES string of the molecule is O=c1cc(-c2ccccc2)[nH]n1-c1nnc(Cc2ccccc2)c2ccccc12. The molecule has 0 spiro atoms. The summed E-state index contributed by atoms with van der Waals surface area (Å²) in [5.74, 6) is 0.504. The summed E-state index contributed by atoms with van der Waals surface area (Å²) in [6.07, 6.45) is 0.684. The maximum atomic E-state index is 12.7. The molecule has 29 heavy (non-hydrogen) atoms. The first-order chi connectivity index (χ1) is 14.3. The highest BCUT2D eigenvalue weighted by molar-refractivity contribution is 5.90. The normalized spacial score (nSPS) is 11.0. The van der Waals surface area contributed by atoms with Crippen LogP contribution >= 0.6 is 0 Å². The number of rotatable bonds is 4. The molecule has 3 aromatic carbocycles. The summed E-state index contributed by atoms with van der Waals surface area (Å²) in [7, 11) is 0. The zero-order chi connectivity index (χ0) is 19.6. The maximum Gasteiger partial charge on any atom is 0.273 e.